The van der Waals surface area contributed by atoms with Crippen LogP contribution in [-0.2, 0) is 6.61 Å². The van der Waals surface area contributed by atoms with Crippen molar-refractivity contribution in [3.05, 3.63) is 97.2 Å². The maximum atomic E-state index is 13.0. The molecule has 0 unspecified atom stereocenters. The van der Waals surface area contributed by atoms with Crippen LogP contribution in [0.4, 0.5) is 0 Å². The highest BCUT2D eigenvalue weighted by molar-refractivity contribution is 9.10. The predicted octanol–water partition coefficient (Wildman–Crippen LogP) is 4.81. The van der Waals surface area contributed by atoms with Crippen LogP contribution in [0.3, 0.4) is 0 Å². The van der Waals surface area contributed by atoms with Crippen molar-refractivity contribution in [2.24, 2.45) is 0 Å². The van der Waals surface area contributed by atoms with E-state index in [1.165, 1.54) is 11.3 Å². The fourth-order valence-corrected chi connectivity index (χ4v) is 4.84. The number of ether oxygens (including phenoxy) is 2. The molecule has 0 radical (unpaired) electrons. The average molecular weight is 493 g/mol. The molecule has 31 heavy (non-hydrogen) atoms. The van der Waals surface area contributed by atoms with Crippen LogP contribution in [0.15, 0.2) is 76.0 Å². The normalized spacial score (nSPS) is 12.0. The van der Waals surface area contributed by atoms with Gasteiger partial charge in [-0.2, -0.15) is 0 Å². The maximum absolute atomic E-state index is 13.0. The van der Waals surface area contributed by atoms with Crippen molar-refractivity contribution >= 4 is 49.3 Å². The molecule has 7 heteroatoms. The van der Waals surface area contributed by atoms with Crippen LogP contribution in [0.25, 0.3) is 22.1 Å². The third kappa shape index (κ3) is 3.71. The molecule has 5 aromatic rings. The Labute approximate surface area is 190 Å². The quantitative estimate of drug-likeness (QED) is 0.353. The topological polar surface area (TPSA) is 52.8 Å². The van der Waals surface area contributed by atoms with E-state index < -0.39 is 0 Å². The van der Waals surface area contributed by atoms with E-state index in [-0.39, 0.29) is 5.56 Å². The van der Waals surface area contributed by atoms with Gasteiger partial charge in [0.1, 0.15) is 6.61 Å². The monoisotopic (exact) mass is 492 g/mol. The molecular weight excluding hydrogens is 476 g/mol. The second kappa shape index (κ2) is 8.17. The van der Waals surface area contributed by atoms with Crippen LogP contribution in [0.2, 0.25) is 0 Å². The van der Waals surface area contributed by atoms with Gasteiger partial charge in [-0.3, -0.25) is 4.79 Å². The van der Waals surface area contributed by atoms with Crippen molar-refractivity contribution in [2.75, 3.05) is 7.11 Å². The second-order valence-electron chi connectivity index (χ2n) is 6.93. The van der Waals surface area contributed by atoms with E-state index >= 15 is 0 Å². The summed E-state index contributed by atoms with van der Waals surface area (Å²) in [5.74, 6) is 1.23. The lowest BCUT2D eigenvalue weighted by atomic mass is 10.2. The molecular formula is C24H17BrN2O3S. The third-order valence-electron chi connectivity index (χ3n) is 4.95. The van der Waals surface area contributed by atoms with Crippen LogP contribution in [0.1, 0.15) is 11.1 Å². The molecule has 0 amide bonds. The maximum Gasteiger partial charge on any atom is 0.274 e. The van der Waals surface area contributed by atoms with Gasteiger partial charge in [-0.1, -0.05) is 69.7 Å². The van der Waals surface area contributed by atoms with Gasteiger partial charge in [0.15, 0.2) is 16.5 Å². The largest absolute Gasteiger partial charge is 0.493 e. The first-order chi connectivity index (χ1) is 15.1. The van der Waals surface area contributed by atoms with Gasteiger partial charge in [-0.25, -0.2) is 9.38 Å². The van der Waals surface area contributed by atoms with Crippen molar-refractivity contribution < 1.29 is 9.47 Å². The minimum Gasteiger partial charge on any atom is -0.493 e. The molecule has 3 aromatic carbocycles. The summed E-state index contributed by atoms with van der Waals surface area (Å²) < 4.78 is 14.6. The molecule has 5 nitrogen and oxygen atoms in total. The number of fused-ring (bicyclic) bond motifs is 3. The number of thiazole rings is 1. The number of aromatic nitrogens is 2. The molecule has 2 aromatic heterocycles. The Morgan fingerprint density at radius 2 is 1.84 bits per heavy atom. The summed E-state index contributed by atoms with van der Waals surface area (Å²) in [6.07, 6.45) is 1.85. The molecule has 0 fully saturated rings. The van der Waals surface area contributed by atoms with Crippen LogP contribution >= 0.6 is 27.3 Å². The fraction of sp³-hybridized carbons (Fsp3) is 0.0833. The van der Waals surface area contributed by atoms with E-state index in [9.17, 15) is 4.79 Å². The number of imidazole rings is 1. The Kier molecular flexibility index (Phi) is 5.21. The third-order valence-corrected chi connectivity index (χ3v) is 6.61. The number of para-hydroxylation sites is 2. The van der Waals surface area contributed by atoms with Gasteiger partial charge < -0.3 is 9.47 Å². The van der Waals surface area contributed by atoms with E-state index in [1.54, 1.807) is 11.5 Å². The van der Waals surface area contributed by atoms with Gasteiger partial charge in [-0.15, -0.1) is 0 Å². The Morgan fingerprint density at radius 1 is 1.06 bits per heavy atom. The van der Waals surface area contributed by atoms with E-state index in [0.717, 1.165) is 26.6 Å². The van der Waals surface area contributed by atoms with Crippen molar-refractivity contribution in [2.45, 2.75) is 6.61 Å². The van der Waals surface area contributed by atoms with Gasteiger partial charge in [0.05, 0.1) is 22.7 Å². The molecule has 0 saturated heterocycles. The summed E-state index contributed by atoms with van der Waals surface area (Å²) in [5.41, 5.74) is 3.46. The molecule has 0 aliphatic carbocycles. The van der Waals surface area contributed by atoms with E-state index in [0.29, 0.717) is 27.6 Å². The van der Waals surface area contributed by atoms with E-state index in [2.05, 4.69) is 20.9 Å². The molecule has 0 aliphatic heterocycles. The Balaban J connectivity index is 1.54. The van der Waals surface area contributed by atoms with Crippen LogP contribution in [0.5, 0.6) is 11.5 Å². The summed E-state index contributed by atoms with van der Waals surface area (Å²) in [4.78, 5) is 18.3. The van der Waals surface area contributed by atoms with Crippen LogP contribution in [-0.4, -0.2) is 16.5 Å². The summed E-state index contributed by atoms with van der Waals surface area (Å²) in [5, 5.41) is 0. The fourth-order valence-electron chi connectivity index (χ4n) is 3.42. The summed E-state index contributed by atoms with van der Waals surface area (Å²) in [6.45, 7) is 0.437. The molecule has 0 atom stereocenters. The molecule has 0 N–H and O–H groups in total. The second-order valence-corrected chi connectivity index (χ2v) is 8.80. The zero-order valence-electron chi connectivity index (χ0n) is 16.5. The number of methoxy groups -OCH3 is 1. The molecule has 0 bridgehead atoms. The number of rotatable bonds is 5. The number of hydrogen-bond acceptors (Lipinski definition) is 5. The molecule has 5 rings (SSSR count). The highest BCUT2D eigenvalue weighted by Crippen LogP contribution is 2.34. The van der Waals surface area contributed by atoms with Gasteiger partial charge in [0.25, 0.3) is 5.56 Å². The zero-order chi connectivity index (χ0) is 21.4. The van der Waals surface area contributed by atoms with Crippen LogP contribution in [0, 0.1) is 0 Å². The van der Waals surface area contributed by atoms with Crippen molar-refractivity contribution in [3.63, 3.8) is 0 Å². The summed E-state index contributed by atoms with van der Waals surface area (Å²) in [7, 11) is 1.60. The summed E-state index contributed by atoms with van der Waals surface area (Å²) >= 11 is 4.98. The SMILES string of the molecule is COc1cc(C=c2sc3nc4ccccc4n3c2=O)c(Br)cc1OCc1ccccc1. The number of hydrogen-bond donors (Lipinski definition) is 0. The lowest BCUT2D eigenvalue weighted by Crippen LogP contribution is -2.22. The first-order valence-corrected chi connectivity index (χ1v) is 11.2. The van der Waals surface area contributed by atoms with E-state index in [4.69, 9.17) is 9.47 Å². The number of halogens is 1. The minimum atomic E-state index is -0.0797. The summed E-state index contributed by atoms with van der Waals surface area (Å²) in [6, 6.07) is 21.3. The highest BCUT2D eigenvalue weighted by atomic mass is 79.9. The first kappa shape index (κ1) is 19.8. The van der Waals surface area contributed by atoms with Crippen LogP contribution < -0.4 is 19.6 Å². The standard InChI is InChI=1S/C24H17BrN2O3S/c1-29-20-11-16(17(25)13-21(20)30-14-15-7-3-2-4-8-15)12-22-23(28)27-19-10-6-5-9-18(19)26-24(27)31-22/h2-13H,14H2,1H3. The van der Waals surface area contributed by atoms with Gasteiger partial charge >= 0.3 is 0 Å². The lowest BCUT2D eigenvalue weighted by Gasteiger charge is -2.12. The Hall–Kier alpha value is -3.16. The number of benzene rings is 3. The number of nitrogens with zero attached hydrogens (tertiary/aromatic N) is 2. The molecule has 0 saturated carbocycles. The molecule has 0 aliphatic rings. The zero-order valence-corrected chi connectivity index (χ0v) is 18.9. The molecule has 0 spiro atoms. The first-order valence-electron chi connectivity index (χ1n) is 9.60. The minimum absolute atomic E-state index is 0.0797. The highest BCUT2D eigenvalue weighted by Gasteiger charge is 2.13. The predicted molar refractivity (Wildman–Crippen MR) is 127 cm³/mol. The molecule has 2 heterocycles. The van der Waals surface area contributed by atoms with Gasteiger partial charge in [-0.05, 0) is 41.5 Å². The average Bonchev–Trinajstić information content (AvgIpc) is 3.30. The Morgan fingerprint density at radius 3 is 2.65 bits per heavy atom. The van der Waals surface area contributed by atoms with Crippen molar-refractivity contribution in [1.82, 2.24) is 9.38 Å². The van der Waals surface area contributed by atoms with Crippen molar-refractivity contribution in [1.29, 1.82) is 0 Å². The van der Waals surface area contributed by atoms with Gasteiger partial charge in [0.2, 0.25) is 0 Å². The van der Waals surface area contributed by atoms with Crippen molar-refractivity contribution in [3.8, 4) is 11.5 Å². The van der Waals surface area contributed by atoms with E-state index in [1.807, 2.05) is 72.8 Å². The lowest BCUT2D eigenvalue weighted by molar-refractivity contribution is 0.284. The molecule has 154 valence electrons. The Bertz CT molecular complexity index is 1510. The smallest absolute Gasteiger partial charge is 0.274 e. The van der Waals surface area contributed by atoms with Gasteiger partial charge in [0, 0.05) is 4.47 Å².